The predicted octanol–water partition coefficient (Wildman–Crippen LogP) is 4.75. The van der Waals surface area contributed by atoms with Gasteiger partial charge in [0.1, 0.15) is 33.8 Å². The van der Waals surface area contributed by atoms with Gasteiger partial charge in [-0.25, -0.2) is 18.4 Å². The van der Waals surface area contributed by atoms with E-state index in [-0.39, 0.29) is 43.6 Å². The minimum atomic E-state index is -3.82. The Hall–Kier alpha value is -4.04. The van der Waals surface area contributed by atoms with Crippen LogP contribution in [0.4, 0.5) is 0 Å². The number of fused-ring (bicyclic) bond motifs is 2. The van der Waals surface area contributed by atoms with Gasteiger partial charge in [0.25, 0.3) is 5.91 Å². The summed E-state index contributed by atoms with van der Waals surface area (Å²) in [5.74, 6) is -0.518. The molecule has 3 aromatic rings. The number of sulfonamides is 1. The van der Waals surface area contributed by atoms with Gasteiger partial charge in [0.2, 0.25) is 21.8 Å². The lowest BCUT2D eigenvalue weighted by atomic mass is 10.1. The number of rotatable bonds is 10. The molecule has 262 valence electrons. The van der Waals surface area contributed by atoms with Crippen LogP contribution in [0.2, 0.25) is 0 Å². The van der Waals surface area contributed by atoms with Gasteiger partial charge in [-0.15, -0.1) is 11.3 Å². The maximum Gasteiger partial charge on any atom is 0.259 e. The molecule has 0 bridgehead atoms. The van der Waals surface area contributed by atoms with E-state index in [0.717, 1.165) is 35.4 Å². The van der Waals surface area contributed by atoms with Crippen molar-refractivity contribution < 1.29 is 32.3 Å². The summed E-state index contributed by atoms with van der Waals surface area (Å²) in [6.07, 6.45) is 8.66. The summed E-state index contributed by atoms with van der Waals surface area (Å²) in [6.45, 7) is 4.21. The molecule has 3 heterocycles. The summed E-state index contributed by atoms with van der Waals surface area (Å²) in [7, 11) is -2.24. The van der Waals surface area contributed by atoms with E-state index in [1.165, 1.54) is 11.3 Å². The maximum absolute atomic E-state index is 13.8. The van der Waals surface area contributed by atoms with E-state index in [2.05, 4.69) is 29.2 Å². The van der Waals surface area contributed by atoms with Crippen LogP contribution in [-0.4, -0.2) is 66.7 Å². The third-order valence-electron chi connectivity index (χ3n) is 9.23. The molecule has 2 fully saturated rings. The van der Waals surface area contributed by atoms with Gasteiger partial charge in [0, 0.05) is 41.7 Å². The Morgan fingerprint density at radius 3 is 2.69 bits per heavy atom. The number of allylic oxidation sites excluding steroid dienone is 1. The van der Waals surface area contributed by atoms with E-state index in [1.54, 1.807) is 7.11 Å². The van der Waals surface area contributed by atoms with Crippen molar-refractivity contribution in [3.05, 3.63) is 47.5 Å². The molecule has 0 radical (unpaired) electrons. The Kier molecular flexibility index (Phi) is 10.3. The lowest BCUT2D eigenvalue weighted by molar-refractivity contribution is -0.132. The van der Waals surface area contributed by atoms with Crippen molar-refractivity contribution in [2.45, 2.75) is 94.4 Å². The van der Waals surface area contributed by atoms with Crippen LogP contribution in [0, 0.1) is 5.92 Å². The molecule has 2 saturated carbocycles. The molecule has 12 nitrogen and oxygen atoms in total. The first-order chi connectivity index (χ1) is 23.5. The Morgan fingerprint density at radius 2 is 1.96 bits per heavy atom. The van der Waals surface area contributed by atoms with E-state index >= 15 is 0 Å². The van der Waals surface area contributed by atoms with Crippen molar-refractivity contribution in [1.29, 1.82) is 0 Å². The fourth-order valence-corrected chi connectivity index (χ4v) is 8.28. The minimum Gasteiger partial charge on any atom is -0.497 e. The van der Waals surface area contributed by atoms with Crippen LogP contribution >= 0.6 is 11.3 Å². The third-order valence-corrected chi connectivity index (χ3v) is 11.9. The summed E-state index contributed by atoms with van der Waals surface area (Å²) < 4.78 is 39.3. The number of hydrogen-bond acceptors (Lipinski definition) is 10. The van der Waals surface area contributed by atoms with Crippen LogP contribution < -0.4 is 24.8 Å². The molecule has 3 aliphatic rings. The quantitative estimate of drug-likeness (QED) is 0.252. The molecule has 14 heteroatoms. The molecule has 2 aromatic heterocycles. The molecule has 1 aromatic carbocycles. The standard InChI is InChI=1S/C35H43N5O7S2/c1-21(2)29-20-48-33(38-29)28-18-30(25-14-11-23(46-3)17-27(25)36-28)47-16-15-26-32(42)39-35(34(43)40-49(44,45)24-12-13-24)19-22(35)9-7-5-4-6-8-10-31(41)37-26/h7,9,11,14,17-18,20-22,24,26H,4-6,8,10,12-13,15-16,19H2,1-3H3,(H,37,41)(H,39,42)(H,40,43)/t22-,26+,35-/m1/s1. The summed E-state index contributed by atoms with van der Waals surface area (Å²) in [4.78, 5) is 49.9. The number of methoxy groups -OCH3 is 1. The normalized spacial score (nSPS) is 23.3. The number of thiazole rings is 1. The number of nitrogens with one attached hydrogen (secondary N) is 3. The van der Waals surface area contributed by atoms with Crippen LogP contribution in [0.25, 0.3) is 21.6 Å². The predicted molar refractivity (Wildman–Crippen MR) is 187 cm³/mol. The highest BCUT2D eigenvalue weighted by molar-refractivity contribution is 7.91. The number of carbonyl (C=O) groups is 3. The Morgan fingerprint density at radius 1 is 1.14 bits per heavy atom. The number of ether oxygens (including phenoxy) is 2. The second kappa shape index (κ2) is 14.4. The zero-order valence-electron chi connectivity index (χ0n) is 28.0. The van der Waals surface area contributed by atoms with E-state index in [9.17, 15) is 22.8 Å². The van der Waals surface area contributed by atoms with Gasteiger partial charge in [0.15, 0.2) is 0 Å². The summed E-state index contributed by atoms with van der Waals surface area (Å²) in [5, 5.41) is 8.60. The van der Waals surface area contributed by atoms with Crippen molar-refractivity contribution in [2.24, 2.45) is 5.92 Å². The van der Waals surface area contributed by atoms with Gasteiger partial charge in [-0.1, -0.05) is 32.4 Å². The number of hydrogen-bond donors (Lipinski definition) is 3. The Balaban J connectivity index is 1.23. The topological polar surface area (TPSA) is 166 Å². The summed E-state index contributed by atoms with van der Waals surface area (Å²) in [6, 6.07) is 6.30. The maximum atomic E-state index is 13.8. The highest BCUT2D eigenvalue weighted by Crippen LogP contribution is 2.46. The van der Waals surface area contributed by atoms with E-state index in [1.807, 2.05) is 41.8 Å². The molecule has 1 aliphatic heterocycles. The molecule has 3 atom stereocenters. The lowest BCUT2D eigenvalue weighted by Gasteiger charge is -2.24. The van der Waals surface area contributed by atoms with Crippen LogP contribution in [0.3, 0.4) is 0 Å². The molecule has 0 spiro atoms. The van der Waals surface area contributed by atoms with Gasteiger partial charge in [-0.3, -0.25) is 19.1 Å². The van der Waals surface area contributed by atoms with Crippen molar-refractivity contribution in [1.82, 2.24) is 25.3 Å². The first-order valence-electron chi connectivity index (χ1n) is 16.9. The van der Waals surface area contributed by atoms with Gasteiger partial charge in [0.05, 0.1) is 30.2 Å². The number of nitrogens with zero attached hydrogens (tertiary/aromatic N) is 2. The molecule has 2 aliphatic carbocycles. The average molecular weight is 710 g/mol. The largest absolute Gasteiger partial charge is 0.497 e. The third kappa shape index (κ3) is 8.07. The number of carbonyl (C=O) groups excluding carboxylic acids is 3. The molecular weight excluding hydrogens is 667 g/mol. The van der Waals surface area contributed by atoms with Gasteiger partial charge in [-0.2, -0.15) is 0 Å². The fraction of sp³-hybridized carbons (Fsp3) is 0.514. The second-order valence-electron chi connectivity index (χ2n) is 13.4. The first-order valence-corrected chi connectivity index (χ1v) is 19.3. The number of benzene rings is 1. The first kappa shape index (κ1) is 34.8. The van der Waals surface area contributed by atoms with Crippen LogP contribution in [0.5, 0.6) is 11.5 Å². The number of aromatic nitrogens is 2. The van der Waals surface area contributed by atoms with Gasteiger partial charge >= 0.3 is 0 Å². The second-order valence-corrected chi connectivity index (χ2v) is 16.2. The monoisotopic (exact) mass is 709 g/mol. The van der Waals surface area contributed by atoms with Crippen molar-refractivity contribution in [2.75, 3.05) is 13.7 Å². The SMILES string of the molecule is COc1ccc2c(OCC[C@@H]3NC(=O)CCCCCC=C[C@@H]4C[C@@]4(C(=O)NS(=O)(=O)C4CC4)NC3=O)cc(-c3nc(C(C)C)cs3)nc2c1. The number of amides is 3. The smallest absolute Gasteiger partial charge is 0.259 e. The minimum absolute atomic E-state index is 0.0522. The van der Waals surface area contributed by atoms with Crippen molar-refractivity contribution >= 4 is 50.0 Å². The Labute approximate surface area is 290 Å². The fourth-order valence-electron chi connectivity index (χ4n) is 5.98. The Bertz CT molecular complexity index is 1870. The molecule has 0 saturated heterocycles. The molecule has 49 heavy (non-hydrogen) atoms. The molecule has 3 amide bonds. The lowest BCUT2D eigenvalue weighted by Crippen LogP contribution is -2.57. The van der Waals surface area contributed by atoms with E-state index < -0.39 is 38.7 Å². The van der Waals surface area contributed by atoms with E-state index in [0.29, 0.717) is 42.0 Å². The van der Waals surface area contributed by atoms with Crippen LogP contribution in [0.15, 0.2) is 41.8 Å². The average Bonchev–Trinajstić information content (AvgIpc) is 3.99. The molecule has 3 N–H and O–H groups in total. The molecule has 6 rings (SSSR count). The van der Waals surface area contributed by atoms with Crippen LogP contribution in [0.1, 0.15) is 83.2 Å². The van der Waals surface area contributed by atoms with Crippen LogP contribution in [-0.2, 0) is 24.4 Å². The highest BCUT2D eigenvalue weighted by atomic mass is 32.2. The van der Waals surface area contributed by atoms with E-state index in [4.69, 9.17) is 19.4 Å². The zero-order valence-corrected chi connectivity index (χ0v) is 29.6. The highest BCUT2D eigenvalue weighted by Gasteiger charge is 2.61. The molecule has 0 unspecified atom stereocenters. The van der Waals surface area contributed by atoms with Crippen molar-refractivity contribution in [3.8, 4) is 22.2 Å². The van der Waals surface area contributed by atoms with Gasteiger partial charge < -0.3 is 20.1 Å². The zero-order chi connectivity index (χ0) is 34.8. The molecular formula is C35H43N5O7S2. The number of pyridine rings is 1. The summed E-state index contributed by atoms with van der Waals surface area (Å²) in [5.41, 5.74) is 0.842. The summed E-state index contributed by atoms with van der Waals surface area (Å²) >= 11 is 1.50. The van der Waals surface area contributed by atoms with Crippen molar-refractivity contribution in [3.63, 3.8) is 0 Å². The van der Waals surface area contributed by atoms with Gasteiger partial charge in [-0.05, 0) is 56.6 Å².